The molecule has 25 heavy (non-hydrogen) atoms. The van der Waals surface area contributed by atoms with E-state index in [4.69, 9.17) is 14.2 Å². The van der Waals surface area contributed by atoms with Gasteiger partial charge in [0.25, 0.3) is 0 Å². The lowest BCUT2D eigenvalue weighted by molar-refractivity contribution is -0.128. The van der Waals surface area contributed by atoms with Crippen LogP contribution in [0, 0.1) is 0 Å². The lowest BCUT2D eigenvalue weighted by atomic mass is 10.1. The van der Waals surface area contributed by atoms with E-state index in [0.29, 0.717) is 12.3 Å². The molecule has 2 aromatic carbocycles. The van der Waals surface area contributed by atoms with Crippen molar-refractivity contribution in [1.29, 1.82) is 0 Å². The molecule has 1 fully saturated rings. The zero-order valence-corrected chi connectivity index (χ0v) is 15.3. The first kappa shape index (κ1) is 17.5. The van der Waals surface area contributed by atoms with Gasteiger partial charge in [0, 0.05) is 18.2 Å². The summed E-state index contributed by atoms with van der Waals surface area (Å²) in [5.74, 6) is 2.83. The average molecular weight is 359 g/mol. The molecular weight excluding hydrogens is 338 g/mol. The maximum atomic E-state index is 12.4. The van der Waals surface area contributed by atoms with Crippen molar-refractivity contribution < 1.29 is 19.0 Å². The van der Waals surface area contributed by atoms with Gasteiger partial charge in [0.15, 0.2) is 0 Å². The smallest absolute Gasteiger partial charge is 0.234 e. The molecule has 2 aromatic rings. The van der Waals surface area contributed by atoms with E-state index in [1.165, 1.54) is 0 Å². The van der Waals surface area contributed by atoms with Crippen molar-refractivity contribution in [1.82, 2.24) is 4.90 Å². The third-order valence-corrected chi connectivity index (χ3v) is 5.40. The minimum absolute atomic E-state index is 0.0837. The molecule has 1 unspecified atom stereocenters. The summed E-state index contributed by atoms with van der Waals surface area (Å²) in [6.45, 7) is 0.531. The molecule has 1 saturated heterocycles. The summed E-state index contributed by atoms with van der Waals surface area (Å²) in [7, 11) is 4.89. The molecule has 0 aliphatic carbocycles. The summed E-state index contributed by atoms with van der Waals surface area (Å²) < 4.78 is 16.1. The number of amides is 1. The standard InChI is InChI=1S/C19H21NO4S/c1-22-14-6-4-5-13(9-14)11-20-18(21)12-25-19(20)16-8-7-15(23-2)10-17(16)24-3/h4-10,19H,11-12H2,1-3H3. The van der Waals surface area contributed by atoms with Gasteiger partial charge in [0.2, 0.25) is 5.91 Å². The minimum Gasteiger partial charge on any atom is -0.497 e. The highest BCUT2D eigenvalue weighted by Gasteiger charge is 2.34. The van der Waals surface area contributed by atoms with E-state index in [0.717, 1.165) is 28.4 Å². The Balaban J connectivity index is 1.89. The van der Waals surface area contributed by atoms with Crippen LogP contribution in [0.1, 0.15) is 16.5 Å². The van der Waals surface area contributed by atoms with Crippen molar-refractivity contribution in [2.24, 2.45) is 0 Å². The maximum absolute atomic E-state index is 12.4. The van der Waals surface area contributed by atoms with Gasteiger partial charge in [0.05, 0.1) is 27.1 Å². The van der Waals surface area contributed by atoms with Crippen LogP contribution in [0.15, 0.2) is 42.5 Å². The van der Waals surface area contributed by atoms with Gasteiger partial charge >= 0.3 is 0 Å². The zero-order valence-electron chi connectivity index (χ0n) is 14.5. The molecule has 5 nitrogen and oxygen atoms in total. The summed E-state index contributed by atoms with van der Waals surface area (Å²) in [6, 6.07) is 13.5. The molecule has 0 saturated carbocycles. The van der Waals surface area contributed by atoms with Crippen molar-refractivity contribution in [3.63, 3.8) is 0 Å². The molecule has 1 aliphatic heterocycles. The number of benzene rings is 2. The minimum atomic E-state index is -0.0837. The summed E-state index contributed by atoms with van der Waals surface area (Å²) in [4.78, 5) is 14.3. The van der Waals surface area contributed by atoms with E-state index in [1.54, 1.807) is 33.1 Å². The number of hydrogen-bond donors (Lipinski definition) is 0. The Hall–Kier alpha value is -2.34. The van der Waals surface area contributed by atoms with Gasteiger partial charge in [-0.25, -0.2) is 0 Å². The topological polar surface area (TPSA) is 48.0 Å². The summed E-state index contributed by atoms with van der Waals surface area (Å²) in [5, 5.41) is -0.0837. The number of carbonyl (C=O) groups excluding carboxylic acids is 1. The van der Waals surface area contributed by atoms with Crippen molar-refractivity contribution in [2.75, 3.05) is 27.1 Å². The summed E-state index contributed by atoms with van der Waals surface area (Å²) in [6.07, 6.45) is 0. The molecule has 0 aromatic heterocycles. The number of hydrogen-bond acceptors (Lipinski definition) is 5. The fourth-order valence-corrected chi connectivity index (χ4v) is 4.09. The van der Waals surface area contributed by atoms with Gasteiger partial charge in [-0.2, -0.15) is 0 Å². The molecule has 0 spiro atoms. The van der Waals surface area contributed by atoms with Crippen LogP contribution in [-0.4, -0.2) is 37.9 Å². The van der Waals surface area contributed by atoms with Gasteiger partial charge in [0.1, 0.15) is 22.6 Å². The fraction of sp³-hybridized carbons (Fsp3) is 0.316. The first-order valence-electron chi connectivity index (χ1n) is 7.92. The van der Waals surface area contributed by atoms with E-state index >= 15 is 0 Å². The Morgan fingerprint density at radius 1 is 1.04 bits per heavy atom. The lowest BCUT2D eigenvalue weighted by Crippen LogP contribution is -2.27. The molecule has 3 rings (SSSR count). The Kier molecular flexibility index (Phi) is 5.38. The second kappa shape index (κ2) is 7.70. The van der Waals surface area contributed by atoms with E-state index < -0.39 is 0 Å². The SMILES string of the molecule is COc1cccc(CN2C(=O)CSC2c2ccc(OC)cc2OC)c1. The second-order valence-electron chi connectivity index (χ2n) is 5.64. The predicted molar refractivity (Wildman–Crippen MR) is 98.3 cm³/mol. The first-order chi connectivity index (χ1) is 12.2. The van der Waals surface area contributed by atoms with E-state index in [1.807, 2.05) is 47.4 Å². The number of carbonyl (C=O) groups is 1. The molecule has 1 amide bonds. The Morgan fingerprint density at radius 3 is 2.52 bits per heavy atom. The highest BCUT2D eigenvalue weighted by atomic mass is 32.2. The Morgan fingerprint density at radius 2 is 1.80 bits per heavy atom. The maximum Gasteiger partial charge on any atom is 0.234 e. The molecule has 0 N–H and O–H groups in total. The molecule has 6 heteroatoms. The lowest BCUT2D eigenvalue weighted by Gasteiger charge is -2.26. The van der Waals surface area contributed by atoms with Crippen LogP contribution in [0.4, 0.5) is 0 Å². The van der Waals surface area contributed by atoms with Crippen LogP contribution < -0.4 is 14.2 Å². The predicted octanol–water partition coefficient (Wildman–Crippen LogP) is 3.49. The number of rotatable bonds is 6. The highest BCUT2D eigenvalue weighted by Crippen LogP contribution is 2.44. The van der Waals surface area contributed by atoms with E-state index in [-0.39, 0.29) is 11.3 Å². The first-order valence-corrected chi connectivity index (χ1v) is 8.97. The van der Waals surface area contributed by atoms with E-state index in [9.17, 15) is 4.79 Å². The third-order valence-electron chi connectivity index (χ3n) is 4.16. The van der Waals surface area contributed by atoms with Crippen LogP contribution in [-0.2, 0) is 11.3 Å². The molecular formula is C19H21NO4S. The van der Waals surface area contributed by atoms with Gasteiger partial charge in [-0.15, -0.1) is 11.8 Å². The molecule has 0 radical (unpaired) electrons. The van der Waals surface area contributed by atoms with Crippen molar-refractivity contribution in [3.8, 4) is 17.2 Å². The normalized spacial score (nSPS) is 16.8. The monoisotopic (exact) mass is 359 g/mol. The van der Waals surface area contributed by atoms with Crippen LogP contribution >= 0.6 is 11.8 Å². The molecule has 1 aliphatic rings. The second-order valence-corrected chi connectivity index (χ2v) is 6.71. The van der Waals surface area contributed by atoms with Crippen LogP contribution in [0.25, 0.3) is 0 Å². The molecule has 1 atom stereocenters. The quantitative estimate of drug-likeness (QED) is 0.790. The van der Waals surface area contributed by atoms with Crippen LogP contribution in [0.5, 0.6) is 17.2 Å². The van der Waals surface area contributed by atoms with Crippen molar-refractivity contribution >= 4 is 17.7 Å². The number of thioether (sulfide) groups is 1. The largest absolute Gasteiger partial charge is 0.497 e. The van der Waals surface area contributed by atoms with Gasteiger partial charge in [-0.05, 0) is 29.8 Å². The number of methoxy groups -OCH3 is 3. The van der Waals surface area contributed by atoms with Gasteiger partial charge in [-0.3, -0.25) is 4.79 Å². The zero-order chi connectivity index (χ0) is 17.8. The van der Waals surface area contributed by atoms with Crippen molar-refractivity contribution in [2.45, 2.75) is 11.9 Å². The van der Waals surface area contributed by atoms with Gasteiger partial charge < -0.3 is 19.1 Å². The molecule has 132 valence electrons. The molecule has 1 heterocycles. The van der Waals surface area contributed by atoms with Crippen LogP contribution in [0.2, 0.25) is 0 Å². The van der Waals surface area contributed by atoms with Gasteiger partial charge in [-0.1, -0.05) is 12.1 Å². The Labute approximate surface area is 151 Å². The average Bonchev–Trinajstić information content (AvgIpc) is 3.01. The van der Waals surface area contributed by atoms with Crippen molar-refractivity contribution in [3.05, 3.63) is 53.6 Å². The van der Waals surface area contributed by atoms with Crippen LogP contribution in [0.3, 0.4) is 0 Å². The summed E-state index contributed by atoms with van der Waals surface area (Å²) >= 11 is 1.61. The number of nitrogens with zero attached hydrogens (tertiary/aromatic N) is 1. The third kappa shape index (κ3) is 3.69. The summed E-state index contributed by atoms with van der Waals surface area (Å²) in [5.41, 5.74) is 2.01. The number of ether oxygens (including phenoxy) is 3. The molecule has 0 bridgehead atoms. The van der Waals surface area contributed by atoms with E-state index in [2.05, 4.69) is 0 Å². The highest BCUT2D eigenvalue weighted by molar-refractivity contribution is 8.00. The Bertz CT molecular complexity index is 765. The fourth-order valence-electron chi connectivity index (χ4n) is 2.87.